The molecule has 29 heavy (non-hydrogen) atoms. The Hall–Kier alpha value is -2.82. The van der Waals surface area contributed by atoms with Crippen LogP contribution in [0.5, 0.6) is 0 Å². The number of ketones is 1. The van der Waals surface area contributed by atoms with Crippen LogP contribution in [0, 0.1) is 6.92 Å². The Morgan fingerprint density at radius 1 is 1.03 bits per heavy atom. The van der Waals surface area contributed by atoms with E-state index in [1.165, 1.54) is 24.1 Å². The molecule has 0 aliphatic heterocycles. The fourth-order valence-corrected chi connectivity index (χ4v) is 4.36. The van der Waals surface area contributed by atoms with Gasteiger partial charge in [0.2, 0.25) is 5.91 Å². The molecular formula is C24H27N3O2. The van der Waals surface area contributed by atoms with Crippen LogP contribution in [0.1, 0.15) is 60.4 Å². The van der Waals surface area contributed by atoms with Gasteiger partial charge in [-0.05, 0) is 55.7 Å². The van der Waals surface area contributed by atoms with Crippen molar-refractivity contribution in [2.45, 2.75) is 58.3 Å². The van der Waals surface area contributed by atoms with Gasteiger partial charge in [-0.3, -0.25) is 9.59 Å². The molecule has 0 spiro atoms. The highest BCUT2D eigenvalue weighted by atomic mass is 16.2. The largest absolute Gasteiger partial charge is 0.355 e. The van der Waals surface area contributed by atoms with Crippen molar-refractivity contribution < 1.29 is 9.59 Å². The summed E-state index contributed by atoms with van der Waals surface area (Å²) < 4.78 is 0. The number of hydrogen-bond acceptors (Lipinski definition) is 4. The highest BCUT2D eigenvalue weighted by molar-refractivity contribution is 6.10. The van der Waals surface area contributed by atoms with Crippen LogP contribution in [0.25, 0.3) is 5.57 Å². The first kappa shape index (κ1) is 19.5. The van der Waals surface area contributed by atoms with Gasteiger partial charge in [0.25, 0.3) is 0 Å². The second-order valence-corrected chi connectivity index (χ2v) is 7.88. The number of rotatable bonds is 6. The molecule has 1 aromatic carbocycles. The quantitative estimate of drug-likeness (QED) is 0.820. The van der Waals surface area contributed by atoms with E-state index in [0.29, 0.717) is 31.4 Å². The van der Waals surface area contributed by atoms with Crippen molar-refractivity contribution in [3.63, 3.8) is 0 Å². The molecule has 150 valence electrons. The maximum absolute atomic E-state index is 12.5. The first-order chi connectivity index (χ1) is 14.1. The molecule has 1 aromatic heterocycles. The molecule has 4 rings (SSSR count). The molecule has 0 saturated heterocycles. The molecule has 0 bridgehead atoms. The van der Waals surface area contributed by atoms with Crippen molar-refractivity contribution >= 4 is 17.3 Å². The van der Waals surface area contributed by atoms with Crippen LogP contribution in [-0.4, -0.2) is 28.2 Å². The number of allylic oxidation sites excluding steroid dienone is 1. The van der Waals surface area contributed by atoms with E-state index < -0.39 is 0 Å². The number of Topliss-reactive ketones (excluding diaryl/α,β-unsaturated/α-hetero) is 1. The lowest BCUT2D eigenvalue weighted by atomic mass is 9.95. The normalized spacial score (nSPS) is 16.1. The van der Waals surface area contributed by atoms with Gasteiger partial charge in [0.05, 0.1) is 6.42 Å². The number of amides is 1. The van der Waals surface area contributed by atoms with Gasteiger partial charge in [0, 0.05) is 36.3 Å². The minimum Gasteiger partial charge on any atom is -0.355 e. The van der Waals surface area contributed by atoms with Crippen LogP contribution in [0.15, 0.2) is 35.9 Å². The highest BCUT2D eigenvalue weighted by Gasteiger charge is 2.25. The van der Waals surface area contributed by atoms with Gasteiger partial charge in [-0.1, -0.05) is 30.3 Å². The zero-order chi connectivity index (χ0) is 20.2. The van der Waals surface area contributed by atoms with Crippen LogP contribution in [0.2, 0.25) is 0 Å². The molecule has 2 aromatic rings. The van der Waals surface area contributed by atoms with Crippen molar-refractivity contribution in [2.75, 3.05) is 6.54 Å². The molecule has 2 aliphatic rings. The lowest BCUT2D eigenvalue weighted by Crippen LogP contribution is -2.27. The summed E-state index contributed by atoms with van der Waals surface area (Å²) in [6, 6.07) is 9.88. The molecule has 0 atom stereocenters. The zero-order valence-electron chi connectivity index (χ0n) is 17.0. The van der Waals surface area contributed by atoms with Crippen molar-refractivity contribution in [1.29, 1.82) is 0 Å². The van der Waals surface area contributed by atoms with E-state index in [1.807, 2.05) is 30.3 Å². The van der Waals surface area contributed by atoms with Gasteiger partial charge in [-0.25, -0.2) is 9.97 Å². The molecule has 1 N–H and O–H groups in total. The summed E-state index contributed by atoms with van der Waals surface area (Å²) in [4.78, 5) is 34.1. The van der Waals surface area contributed by atoms with Gasteiger partial charge in [-0.15, -0.1) is 0 Å². The summed E-state index contributed by atoms with van der Waals surface area (Å²) in [6.45, 7) is 2.54. The summed E-state index contributed by atoms with van der Waals surface area (Å²) in [6.07, 6.45) is 6.47. The lowest BCUT2D eigenvalue weighted by molar-refractivity contribution is -0.122. The number of carbonyl (C=O) groups excluding carboxylic acids is 2. The van der Waals surface area contributed by atoms with E-state index >= 15 is 0 Å². The van der Waals surface area contributed by atoms with Gasteiger partial charge in [0.15, 0.2) is 5.78 Å². The summed E-state index contributed by atoms with van der Waals surface area (Å²) in [5.41, 5.74) is 6.28. The first-order valence-corrected chi connectivity index (χ1v) is 10.5. The third kappa shape index (κ3) is 4.44. The molecule has 0 radical (unpaired) electrons. The van der Waals surface area contributed by atoms with Crippen LogP contribution < -0.4 is 5.32 Å². The Morgan fingerprint density at radius 3 is 2.66 bits per heavy atom. The van der Waals surface area contributed by atoms with Crippen LogP contribution in [-0.2, 0) is 28.9 Å². The molecule has 1 heterocycles. The molecule has 0 saturated carbocycles. The van der Waals surface area contributed by atoms with Crippen molar-refractivity contribution in [2.24, 2.45) is 0 Å². The van der Waals surface area contributed by atoms with E-state index in [-0.39, 0.29) is 18.1 Å². The Balaban J connectivity index is 1.37. The Labute approximate surface area is 171 Å². The molecular weight excluding hydrogens is 362 g/mol. The maximum atomic E-state index is 12.5. The number of fused-ring (bicyclic) bond motifs is 1. The van der Waals surface area contributed by atoms with Crippen molar-refractivity contribution in [3.05, 3.63) is 64.2 Å². The number of nitrogens with zero attached hydrogens (tertiary/aromatic N) is 2. The number of benzene rings is 1. The summed E-state index contributed by atoms with van der Waals surface area (Å²) in [7, 11) is 0. The Kier molecular flexibility index (Phi) is 5.84. The van der Waals surface area contributed by atoms with Crippen LogP contribution in [0.4, 0.5) is 0 Å². The predicted molar refractivity (Wildman–Crippen MR) is 112 cm³/mol. The SMILES string of the molecule is Cc1nc(CCNC(=O)CC2=C(c3ccccc3)CCC2=O)nc2c1CCCC2. The monoisotopic (exact) mass is 389 g/mol. The Morgan fingerprint density at radius 2 is 1.83 bits per heavy atom. The smallest absolute Gasteiger partial charge is 0.224 e. The zero-order valence-corrected chi connectivity index (χ0v) is 17.0. The van der Waals surface area contributed by atoms with Crippen LogP contribution in [0.3, 0.4) is 0 Å². The van der Waals surface area contributed by atoms with E-state index in [2.05, 4.69) is 17.2 Å². The second-order valence-electron chi connectivity index (χ2n) is 7.88. The fraction of sp³-hybridized carbons (Fsp3) is 0.417. The average molecular weight is 389 g/mol. The highest BCUT2D eigenvalue weighted by Crippen LogP contribution is 2.33. The summed E-state index contributed by atoms with van der Waals surface area (Å²) in [5.74, 6) is 0.774. The molecule has 2 aliphatic carbocycles. The topological polar surface area (TPSA) is 72.0 Å². The van der Waals surface area contributed by atoms with Gasteiger partial charge >= 0.3 is 0 Å². The van der Waals surface area contributed by atoms with E-state index in [1.54, 1.807) is 0 Å². The van der Waals surface area contributed by atoms with Gasteiger partial charge in [-0.2, -0.15) is 0 Å². The van der Waals surface area contributed by atoms with Crippen LogP contribution >= 0.6 is 0 Å². The summed E-state index contributed by atoms with van der Waals surface area (Å²) in [5, 5.41) is 2.94. The first-order valence-electron chi connectivity index (χ1n) is 10.5. The summed E-state index contributed by atoms with van der Waals surface area (Å²) >= 11 is 0. The van der Waals surface area contributed by atoms with E-state index in [9.17, 15) is 9.59 Å². The minimum atomic E-state index is -0.113. The molecule has 5 heteroatoms. The van der Waals surface area contributed by atoms with Crippen molar-refractivity contribution in [1.82, 2.24) is 15.3 Å². The van der Waals surface area contributed by atoms with E-state index in [0.717, 1.165) is 35.5 Å². The lowest BCUT2D eigenvalue weighted by Gasteiger charge is -2.17. The third-order valence-electron chi connectivity index (χ3n) is 5.87. The molecule has 0 unspecified atom stereocenters. The van der Waals surface area contributed by atoms with Gasteiger partial charge in [0.1, 0.15) is 5.82 Å². The predicted octanol–water partition coefficient (Wildman–Crippen LogP) is 3.53. The number of aromatic nitrogens is 2. The maximum Gasteiger partial charge on any atom is 0.224 e. The molecule has 5 nitrogen and oxygen atoms in total. The number of carbonyl (C=O) groups is 2. The molecule has 0 fully saturated rings. The number of aryl methyl sites for hydroxylation is 2. The van der Waals surface area contributed by atoms with E-state index in [4.69, 9.17) is 4.98 Å². The minimum absolute atomic E-state index is 0.0904. The molecule has 1 amide bonds. The standard InChI is InChI=1S/C24H27N3O2/c1-16-18-9-5-6-10-21(18)27-23(26-16)13-14-25-24(29)15-20-19(11-12-22(20)28)17-7-3-2-4-8-17/h2-4,7-8H,5-6,9-15H2,1H3,(H,25,29). The fourth-order valence-electron chi connectivity index (χ4n) is 4.36. The second kappa shape index (κ2) is 8.68. The van der Waals surface area contributed by atoms with Crippen molar-refractivity contribution in [3.8, 4) is 0 Å². The average Bonchev–Trinajstić information content (AvgIpc) is 3.09. The third-order valence-corrected chi connectivity index (χ3v) is 5.87. The Bertz CT molecular complexity index is 964. The van der Waals surface area contributed by atoms with Gasteiger partial charge < -0.3 is 5.32 Å². The number of hydrogen-bond donors (Lipinski definition) is 1. The number of nitrogens with one attached hydrogen (secondary N) is 1.